The summed E-state index contributed by atoms with van der Waals surface area (Å²) in [4.78, 5) is 5.40. The van der Waals surface area contributed by atoms with Crippen LogP contribution in [0, 0.1) is 6.92 Å². The molecule has 1 N–H and O–H groups in total. The topological polar surface area (TPSA) is 33.1 Å². The van der Waals surface area contributed by atoms with Crippen molar-refractivity contribution >= 4 is 11.3 Å². The molecule has 2 nitrogen and oxygen atoms in total. The molecule has 0 aliphatic rings. The molecule has 1 aromatic rings. The average Bonchev–Trinajstić information content (AvgIpc) is 2.29. The van der Waals surface area contributed by atoms with Gasteiger partial charge in [-0.2, -0.15) is 0 Å². The Balaban J connectivity index is 3.05. The molecule has 0 fully saturated rings. The summed E-state index contributed by atoms with van der Waals surface area (Å²) in [5.41, 5.74) is 1.07. The number of rotatable bonds is 1. The number of aromatic nitrogens is 1. The number of aliphatic hydroxyl groups excluding tert-OH is 1. The Morgan fingerprint density at radius 2 is 2.00 bits per heavy atom. The van der Waals surface area contributed by atoms with Crippen LogP contribution in [-0.4, -0.2) is 10.1 Å². The van der Waals surface area contributed by atoms with Crippen LogP contribution < -0.4 is 0 Å². The fourth-order valence-electron chi connectivity index (χ4n) is 0.896. The molecule has 0 saturated carbocycles. The molecular formula is C9H15NOS. The Morgan fingerprint density at radius 3 is 2.25 bits per heavy atom. The molecule has 0 atom stereocenters. The molecule has 1 rings (SSSR count). The number of aliphatic hydroxyl groups is 1. The van der Waals surface area contributed by atoms with Crippen molar-refractivity contribution in [2.24, 2.45) is 0 Å². The van der Waals surface area contributed by atoms with E-state index in [1.807, 2.05) is 6.92 Å². The third kappa shape index (κ3) is 1.84. The van der Waals surface area contributed by atoms with Crippen molar-refractivity contribution in [2.75, 3.05) is 0 Å². The molecule has 1 aromatic heterocycles. The molecule has 0 spiro atoms. The molecule has 3 heteroatoms. The van der Waals surface area contributed by atoms with Crippen molar-refractivity contribution in [2.45, 2.75) is 39.7 Å². The highest BCUT2D eigenvalue weighted by atomic mass is 32.1. The van der Waals surface area contributed by atoms with Gasteiger partial charge in [-0.1, -0.05) is 20.8 Å². The summed E-state index contributed by atoms with van der Waals surface area (Å²) in [6, 6.07) is 0. The van der Waals surface area contributed by atoms with Gasteiger partial charge >= 0.3 is 0 Å². The summed E-state index contributed by atoms with van der Waals surface area (Å²) in [6.45, 7) is 8.45. The minimum atomic E-state index is 0.100. The van der Waals surface area contributed by atoms with Crippen LogP contribution >= 0.6 is 11.3 Å². The molecule has 68 valence electrons. The summed E-state index contributed by atoms with van der Waals surface area (Å²) in [7, 11) is 0. The van der Waals surface area contributed by atoms with E-state index in [1.54, 1.807) is 11.3 Å². The van der Waals surface area contributed by atoms with Crippen LogP contribution in [0.3, 0.4) is 0 Å². The molecule has 0 aliphatic heterocycles. The van der Waals surface area contributed by atoms with Crippen molar-refractivity contribution in [3.8, 4) is 0 Å². The van der Waals surface area contributed by atoms with Gasteiger partial charge in [-0.3, -0.25) is 0 Å². The summed E-state index contributed by atoms with van der Waals surface area (Å²) in [5, 5.41) is 10.1. The maximum Gasteiger partial charge on any atom is 0.0985 e. The van der Waals surface area contributed by atoms with E-state index in [9.17, 15) is 0 Å². The smallest absolute Gasteiger partial charge is 0.0985 e. The quantitative estimate of drug-likeness (QED) is 0.728. The third-order valence-corrected chi connectivity index (χ3v) is 3.25. The van der Waals surface area contributed by atoms with Gasteiger partial charge in [0.2, 0.25) is 0 Å². The molecule has 0 aliphatic carbocycles. The number of aryl methyl sites for hydroxylation is 1. The van der Waals surface area contributed by atoms with Crippen molar-refractivity contribution in [1.82, 2.24) is 4.98 Å². The standard InChI is InChI=1S/C9H15NOS/c1-6-7(5-11)12-8(10-6)9(2,3)4/h11H,5H2,1-4H3. The van der Waals surface area contributed by atoms with E-state index in [4.69, 9.17) is 5.11 Å². The number of nitrogens with zero attached hydrogens (tertiary/aromatic N) is 1. The van der Waals surface area contributed by atoms with Crippen LogP contribution in [0.4, 0.5) is 0 Å². The van der Waals surface area contributed by atoms with Gasteiger partial charge in [0, 0.05) is 5.41 Å². The maximum atomic E-state index is 8.97. The number of thiazole rings is 1. The fraction of sp³-hybridized carbons (Fsp3) is 0.667. The highest BCUT2D eigenvalue weighted by Crippen LogP contribution is 2.28. The van der Waals surface area contributed by atoms with Crippen molar-refractivity contribution in [1.29, 1.82) is 0 Å². The van der Waals surface area contributed by atoms with Gasteiger partial charge in [-0.05, 0) is 6.92 Å². The Morgan fingerprint density at radius 1 is 1.42 bits per heavy atom. The number of hydrogen-bond donors (Lipinski definition) is 1. The van der Waals surface area contributed by atoms with Gasteiger partial charge in [0.1, 0.15) is 0 Å². The second-order valence-electron chi connectivity index (χ2n) is 3.94. The lowest BCUT2D eigenvalue weighted by atomic mass is 9.98. The maximum absolute atomic E-state index is 8.97. The summed E-state index contributed by atoms with van der Waals surface area (Å²) in [6.07, 6.45) is 0. The van der Waals surface area contributed by atoms with Crippen LogP contribution in [0.5, 0.6) is 0 Å². The predicted molar refractivity (Wildman–Crippen MR) is 51.5 cm³/mol. The van der Waals surface area contributed by atoms with Gasteiger partial charge < -0.3 is 5.11 Å². The van der Waals surface area contributed by atoms with Crippen molar-refractivity contribution in [3.05, 3.63) is 15.6 Å². The van der Waals surface area contributed by atoms with Crippen LogP contribution in [0.2, 0.25) is 0 Å². The first-order valence-electron chi connectivity index (χ1n) is 4.03. The van der Waals surface area contributed by atoms with E-state index in [2.05, 4.69) is 25.8 Å². The fourth-order valence-corrected chi connectivity index (χ4v) is 1.88. The van der Waals surface area contributed by atoms with Gasteiger partial charge in [-0.25, -0.2) is 4.98 Å². The molecule has 0 amide bonds. The van der Waals surface area contributed by atoms with E-state index >= 15 is 0 Å². The highest BCUT2D eigenvalue weighted by molar-refractivity contribution is 7.11. The zero-order chi connectivity index (χ0) is 9.35. The first-order valence-corrected chi connectivity index (χ1v) is 4.84. The molecule has 0 saturated heterocycles. The van der Waals surface area contributed by atoms with Gasteiger partial charge in [0.15, 0.2) is 0 Å². The Kier molecular flexibility index (Phi) is 2.54. The minimum Gasteiger partial charge on any atom is -0.391 e. The summed E-state index contributed by atoms with van der Waals surface area (Å²) >= 11 is 1.61. The molecule has 1 heterocycles. The average molecular weight is 185 g/mol. The zero-order valence-electron chi connectivity index (χ0n) is 8.01. The molecular weight excluding hydrogens is 170 g/mol. The van der Waals surface area contributed by atoms with E-state index < -0.39 is 0 Å². The lowest BCUT2D eigenvalue weighted by molar-refractivity contribution is 0.284. The van der Waals surface area contributed by atoms with E-state index in [-0.39, 0.29) is 12.0 Å². The normalized spacial score (nSPS) is 12.1. The number of hydrogen-bond acceptors (Lipinski definition) is 3. The van der Waals surface area contributed by atoms with Crippen molar-refractivity contribution in [3.63, 3.8) is 0 Å². The van der Waals surface area contributed by atoms with Crippen molar-refractivity contribution < 1.29 is 5.11 Å². The minimum absolute atomic E-state index is 0.100. The Bertz CT molecular complexity index is 273. The Hall–Kier alpha value is -0.410. The summed E-state index contributed by atoms with van der Waals surface area (Å²) in [5.74, 6) is 0. The van der Waals surface area contributed by atoms with Gasteiger partial charge in [0.05, 0.1) is 22.2 Å². The third-order valence-electron chi connectivity index (χ3n) is 1.68. The van der Waals surface area contributed by atoms with Crippen LogP contribution in [0.25, 0.3) is 0 Å². The van der Waals surface area contributed by atoms with E-state index in [0.717, 1.165) is 15.6 Å². The van der Waals surface area contributed by atoms with E-state index in [1.165, 1.54) is 0 Å². The molecule has 0 radical (unpaired) electrons. The largest absolute Gasteiger partial charge is 0.391 e. The molecule has 12 heavy (non-hydrogen) atoms. The van der Waals surface area contributed by atoms with E-state index in [0.29, 0.717) is 0 Å². The predicted octanol–water partition coefficient (Wildman–Crippen LogP) is 2.24. The molecule has 0 aromatic carbocycles. The molecule has 0 unspecified atom stereocenters. The highest BCUT2D eigenvalue weighted by Gasteiger charge is 2.19. The molecule has 0 bridgehead atoms. The van der Waals surface area contributed by atoms with Gasteiger partial charge in [0.25, 0.3) is 0 Å². The second kappa shape index (κ2) is 3.15. The first kappa shape index (κ1) is 9.68. The van der Waals surface area contributed by atoms with Crippen LogP contribution in [0.1, 0.15) is 36.3 Å². The lowest BCUT2D eigenvalue weighted by Crippen LogP contribution is -2.10. The summed E-state index contributed by atoms with van der Waals surface area (Å²) < 4.78 is 0. The SMILES string of the molecule is Cc1nc(C(C)(C)C)sc1CO. The van der Waals surface area contributed by atoms with Crippen LogP contribution in [-0.2, 0) is 12.0 Å². The lowest BCUT2D eigenvalue weighted by Gasteiger charge is -2.13. The monoisotopic (exact) mass is 185 g/mol. The van der Waals surface area contributed by atoms with Crippen LogP contribution in [0.15, 0.2) is 0 Å². The second-order valence-corrected chi connectivity index (χ2v) is 5.02. The van der Waals surface area contributed by atoms with Gasteiger partial charge in [-0.15, -0.1) is 11.3 Å². The zero-order valence-corrected chi connectivity index (χ0v) is 8.83. The first-order chi connectivity index (χ1) is 5.45. The Labute approximate surface area is 77.3 Å².